The summed E-state index contributed by atoms with van der Waals surface area (Å²) >= 11 is 0. The molecule has 0 saturated carbocycles. The van der Waals surface area contributed by atoms with Crippen molar-refractivity contribution in [1.82, 2.24) is 5.32 Å². The molecule has 0 saturated heterocycles. The molecule has 9 heteroatoms. The minimum Gasteiger partial charge on any atom is -0.370 e. The van der Waals surface area contributed by atoms with Crippen molar-refractivity contribution in [3.05, 3.63) is 106 Å². The van der Waals surface area contributed by atoms with Gasteiger partial charge in [0.05, 0.1) is 111 Å². The Labute approximate surface area is 341 Å². The fourth-order valence-electron chi connectivity index (χ4n) is 7.13. The van der Waals surface area contributed by atoms with Gasteiger partial charge in [-0.25, -0.2) is 0 Å². The van der Waals surface area contributed by atoms with Gasteiger partial charge in [-0.3, -0.25) is 9.59 Å². The maximum Gasteiger partial charge on any atom is 0.251 e. The number of carbonyl (C=O) groups excluding carboxylic acids is 2. The van der Waals surface area contributed by atoms with Gasteiger partial charge in [-0.05, 0) is 25.0 Å². The minimum atomic E-state index is -0.0903. The molecule has 1 amide bonds. The van der Waals surface area contributed by atoms with Crippen molar-refractivity contribution in [3.63, 3.8) is 0 Å². The van der Waals surface area contributed by atoms with E-state index in [1.165, 1.54) is 22.3 Å². The summed E-state index contributed by atoms with van der Waals surface area (Å²) in [5.74, 6) is 0.0545. The lowest BCUT2D eigenvalue weighted by atomic mass is 10.0. The lowest BCUT2D eigenvalue weighted by Gasteiger charge is -2.32. The van der Waals surface area contributed by atoms with Gasteiger partial charge in [0.1, 0.15) is 39.3 Å². The van der Waals surface area contributed by atoms with Crippen LogP contribution in [-0.4, -0.2) is 165 Å². The van der Waals surface area contributed by atoms with Crippen LogP contribution in [0, 0.1) is 0 Å². The highest BCUT2D eigenvalue weighted by Crippen LogP contribution is 2.17. The number of Topliss-reactive ketones (excluding diaryl/α,β-unsaturated/α-hetero) is 1. The topological polar surface area (TPSA) is 55.4 Å². The summed E-state index contributed by atoms with van der Waals surface area (Å²) < 4.78 is 10.6. The summed E-state index contributed by atoms with van der Waals surface area (Å²) in [4.78, 5) is 25.4. The zero-order valence-electron chi connectivity index (χ0n) is 37.5. The molecule has 0 bridgehead atoms. The summed E-state index contributed by atoms with van der Waals surface area (Å²) in [6.45, 7) is 10.0. The van der Waals surface area contributed by atoms with E-state index in [1.807, 2.05) is 0 Å². The number of hydrogen-bond acceptors (Lipinski definition) is 3. The Hall–Kier alpha value is -3.44. The molecule has 3 aromatic rings. The highest BCUT2D eigenvalue weighted by Gasteiger charge is 2.20. The Morgan fingerprint density at radius 3 is 1.30 bits per heavy atom. The van der Waals surface area contributed by atoms with Crippen molar-refractivity contribution < 1.29 is 36.7 Å². The van der Waals surface area contributed by atoms with Gasteiger partial charge in [-0.15, -0.1) is 0 Å². The SMILES string of the molecule is C[N+](C)(C)CCCCC(=O)c1ccc(C(=O)NCCC[N+](C)(C)Cc2ccc(C[N+](C)(C)CCOCC[N+](C)(C)Cc3ccc(C[N+](C)(C)C)cc3)cc2)cc1. The summed E-state index contributed by atoms with van der Waals surface area (Å²) in [6.07, 6.45) is 3.35. The second-order valence-corrected chi connectivity index (χ2v) is 20.2. The number of rotatable bonds is 25. The average Bonchev–Trinajstić information content (AvgIpc) is 3.08. The monoisotopic (exact) mass is 776 g/mol. The quantitative estimate of drug-likeness (QED) is 0.0633. The van der Waals surface area contributed by atoms with Crippen molar-refractivity contribution in [2.24, 2.45) is 0 Å². The number of amides is 1. The number of nitrogens with zero attached hydrogens (tertiary/aromatic N) is 5. The van der Waals surface area contributed by atoms with E-state index in [0.29, 0.717) is 24.1 Å². The van der Waals surface area contributed by atoms with E-state index in [9.17, 15) is 9.59 Å². The molecule has 0 heterocycles. The summed E-state index contributed by atoms with van der Waals surface area (Å²) in [5.41, 5.74) is 6.69. The van der Waals surface area contributed by atoms with Gasteiger partial charge in [0, 0.05) is 52.8 Å². The van der Waals surface area contributed by atoms with Crippen molar-refractivity contribution in [2.75, 3.05) is 131 Å². The summed E-state index contributed by atoms with van der Waals surface area (Å²) in [6, 6.07) is 25.3. The Balaban J connectivity index is 1.32. The third-order valence-electron chi connectivity index (χ3n) is 10.4. The molecule has 0 aliphatic carbocycles. The molecule has 3 aromatic carbocycles. The molecule has 0 fully saturated rings. The third kappa shape index (κ3) is 19.1. The standard InChI is InChI=1S/C47H78N6O3/c1-49(2,3)30-14-13-16-46(54)44-25-27-45(28-26-44)47(55)48-29-15-31-51(7,8)37-41-21-23-43(24-22-41)39-53(11,12)33-35-56-34-32-52(9,10)38-42-19-17-40(18-20-42)36-50(4,5)6/h17-28H,13-16,29-39H2,1-12H3/q+4/p+1. The second-order valence-electron chi connectivity index (χ2n) is 20.2. The molecular formula is C47H79N6O3+5. The Kier molecular flexibility index (Phi) is 17.5. The van der Waals surface area contributed by atoms with E-state index in [2.05, 4.69) is 138 Å². The molecule has 0 aromatic heterocycles. The van der Waals surface area contributed by atoms with Crippen LogP contribution in [0.4, 0.5) is 0 Å². The minimum absolute atomic E-state index is 0.0903. The van der Waals surface area contributed by atoms with Crippen molar-refractivity contribution in [1.29, 1.82) is 0 Å². The zero-order chi connectivity index (χ0) is 41.6. The summed E-state index contributed by atoms with van der Waals surface area (Å²) in [5, 5.41) is 3.07. The first-order chi connectivity index (χ1) is 26.0. The van der Waals surface area contributed by atoms with E-state index in [0.717, 1.165) is 107 Å². The third-order valence-corrected chi connectivity index (χ3v) is 10.4. The Morgan fingerprint density at radius 2 is 0.875 bits per heavy atom. The Bertz CT molecular complexity index is 1630. The van der Waals surface area contributed by atoms with Crippen molar-refractivity contribution >= 4 is 11.7 Å². The summed E-state index contributed by atoms with van der Waals surface area (Å²) in [7, 11) is 26.8. The van der Waals surface area contributed by atoms with E-state index < -0.39 is 0 Å². The molecular weight excluding hydrogens is 697 g/mol. The molecule has 0 unspecified atom stereocenters. The highest BCUT2D eigenvalue weighted by atomic mass is 16.5. The van der Waals surface area contributed by atoms with Gasteiger partial charge in [-0.2, -0.15) is 0 Å². The molecule has 0 spiro atoms. The van der Waals surface area contributed by atoms with Crippen LogP contribution in [0.1, 0.15) is 68.7 Å². The van der Waals surface area contributed by atoms with Gasteiger partial charge in [0.2, 0.25) is 0 Å². The van der Waals surface area contributed by atoms with Gasteiger partial charge >= 0.3 is 0 Å². The van der Waals surface area contributed by atoms with Gasteiger partial charge in [0.25, 0.3) is 5.91 Å². The van der Waals surface area contributed by atoms with Gasteiger partial charge in [-0.1, -0.05) is 60.7 Å². The number of benzene rings is 3. The molecule has 0 aliphatic heterocycles. The first kappa shape index (κ1) is 46.9. The van der Waals surface area contributed by atoms with E-state index in [-0.39, 0.29) is 11.7 Å². The smallest absolute Gasteiger partial charge is 0.251 e. The zero-order valence-corrected chi connectivity index (χ0v) is 37.5. The van der Waals surface area contributed by atoms with Crippen molar-refractivity contribution in [2.45, 2.75) is 51.9 Å². The molecule has 0 aliphatic rings. The van der Waals surface area contributed by atoms with Crippen LogP contribution in [0.5, 0.6) is 0 Å². The number of ether oxygens (including phenoxy) is 1. The fraction of sp³-hybridized carbons (Fsp3) is 0.574. The molecule has 3 rings (SSSR count). The number of quaternary nitrogens is 5. The molecule has 56 heavy (non-hydrogen) atoms. The number of carbonyl (C=O) groups is 2. The lowest BCUT2D eigenvalue weighted by Crippen LogP contribution is -2.43. The van der Waals surface area contributed by atoms with Crippen LogP contribution in [-0.2, 0) is 30.9 Å². The normalized spacial score (nSPS) is 12.9. The van der Waals surface area contributed by atoms with Crippen LogP contribution in [0.25, 0.3) is 0 Å². The first-order valence-electron chi connectivity index (χ1n) is 20.7. The number of nitrogens with one attached hydrogen (secondary N) is 1. The maximum absolute atomic E-state index is 12.8. The first-order valence-corrected chi connectivity index (χ1v) is 20.7. The van der Waals surface area contributed by atoms with E-state index in [4.69, 9.17) is 4.74 Å². The second kappa shape index (κ2) is 20.8. The number of ketones is 1. The van der Waals surface area contributed by atoms with Gasteiger partial charge < -0.3 is 32.5 Å². The molecule has 0 radical (unpaired) electrons. The molecule has 9 nitrogen and oxygen atoms in total. The maximum atomic E-state index is 12.8. The van der Waals surface area contributed by atoms with Crippen LogP contribution >= 0.6 is 0 Å². The van der Waals surface area contributed by atoms with E-state index in [1.54, 1.807) is 24.3 Å². The average molecular weight is 776 g/mol. The number of unbranched alkanes of at least 4 members (excludes halogenated alkanes) is 1. The van der Waals surface area contributed by atoms with Crippen LogP contribution in [0.3, 0.4) is 0 Å². The lowest BCUT2D eigenvalue weighted by molar-refractivity contribution is -0.907. The Morgan fingerprint density at radius 1 is 0.464 bits per heavy atom. The molecule has 310 valence electrons. The van der Waals surface area contributed by atoms with E-state index >= 15 is 0 Å². The number of hydrogen-bond donors (Lipinski definition) is 1. The van der Waals surface area contributed by atoms with Gasteiger partial charge in [0.15, 0.2) is 5.78 Å². The number of likely N-dealkylation sites (N-methyl/N-ethyl adjacent to an activating group) is 2. The fourth-order valence-corrected chi connectivity index (χ4v) is 7.13. The molecule has 0 atom stereocenters. The van der Waals surface area contributed by atoms with Crippen LogP contribution < -0.4 is 5.32 Å². The molecule has 1 N–H and O–H groups in total. The van der Waals surface area contributed by atoms with Crippen LogP contribution in [0.15, 0.2) is 72.8 Å². The van der Waals surface area contributed by atoms with Crippen molar-refractivity contribution in [3.8, 4) is 0 Å². The predicted octanol–water partition coefficient (Wildman–Crippen LogP) is 6.22. The highest BCUT2D eigenvalue weighted by molar-refractivity contribution is 5.98. The van der Waals surface area contributed by atoms with Crippen LogP contribution in [0.2, 0.25) is 0 Å². The predicted molar refractivity (Wildman–Crippen MR) is 232 cm³/mol. The largest absolute Gasteiger partial charge is 0.370 e.